The average Bonchev–Trinajstić information content (AvgIpc) is 3.42. The number of para-hydroxylation sites is 2. The number of nitrogens with one attached hydrogen (secondary N) is 1. The Morgan fingerprint density at radius 3 is 2.69 bits per heavy atom. The maximum absolute atomic E-state index is 13.0. The third-order valence-electron chi connectivity index (χ3n) is 5.32. The second-order valence-corrected chi connectivity index (χ2v) is 7.01. The van der Waals surface area contributed by atoms with Gasteiger partial charge in [0.1, 0.15) is 0 Å². The van der Waals surface area contributed by atoms with Gasteiger partial charge in [-0.05, 0) is 23.8 Å². The van der Waals surface area contributed by atoms with Gasteiger partial charge < -0.3 is 9.67 Å². The van der Waals surface area contributed by atoms with E-state index in [9.17, 15) is 9.90 Å². The molecule has 0 saturated heterocycles. The van der Waals surface area contributed by atoms with Crippen LogP contribution in [0.2, 0.25) is 0 Å². The van der Waals surface area contributed by atoms with Gasteiger partial charge in [0.15, 0.2) is 5.54 Å². The van der Waals surface area contributed by atoms with E-state index in [1.54, 1.807) is 10.9 Å². The van der Waals surface area contributed by atoms with Crippen molar-refractivity contribution in [3.05, 3.63) is 60.4 Å². The fraction of sp³-hybridized carbons (Fsp3) is 0.286. The highest BCUT2D eigenvalue weighted by Crippen LogP contribution is 2.39. The summed E-state index contributed by atoms with van der Waals surface area (Å²) in [5.74, 6) is -0.571. The van der Waals surface area contributed by atoms with Gasteiger partial charge in [0.05, 0.1) is 17.4 Å². The summed E-state index contributed by atoms with van der Waals surface area (Å²) in [6.07, 6.45) is 4.73. The fourth-order valence-corrected chi connectivity index (χ4v) is 3.92. The average molecular weight is 390 g/mol. The number of benzene rings is 2. The molecule has 4 rings (SSSR count). The largest absolute Gasteiger partial charge is 0.479 e. The lowest BCUT2D eigenvalue weighted by Crippen LogP contribution is -2.43. The number of aliphatic carboxylic acids is 1. The molecule has 2 heterocycles. The van der Waals surface area contributed by atoms with Crippen LogP contribution in [0.15, 0.2) is 54.9 Å². The van der Waals surface area contributed by atoms with Crippen molar-refractivity contribution >= 4 is 17.0 Å². The SMILES string of the molecule is CCCCCC(C(=O)O)(c1ccccc1-c1nn[nH]n1)n1cnc2ccccc21. The number of aromatic amines is 1. The summed E-state index contributed by atoms with van der Waals surface area (Å²) in [7, 11) is 0. The highest BCUT2D eigenvalue weighted by Gasteiger charge is 2.44. The van der Waals surface area contributed by atoms with Crippen LogP contribution in [0.4, 0.5) is 0 Å². The Kier molecular flexibility index (Phi) is 5.07. The number of carboxylic acids is 1. The summed E-state index contributed by atoms with van der Waals surface area (Å²) < 4.78 is 1.78. The summed E-state index contributed by atoms with van der Waals surface area (Å²) in [6, 6.07) is 14.9. The van der Waals surface area contributed by atoms with Crippen LogP contribution in [0.25, 0.3) is 22.4 Å². The molecule has 0 spiro atoms. The Balaban J connectivity index is 2.00. The number of nitrogens with zero attached hydrogens (tertiary/aromatic N) is 5. The molecule has 0 aliphatic carbocycles. The summed E-state index contributed by atoms with van der Waals surface area (Å²) in [5, 5.41) is 24.9. The van der Waals surface area contributed by atoms with Gasteiger partial charge in [-0.2, -0.15) is 5.21 Å². The van der Waals surface area contributed by atoms with Crippen molar-refractivity contribution in [2.45, 2.75) is 38.1 Å². The van der Waals surface area contributed by atoms with Crippen molar-refractivity contribution in [3.8, 4) is 11.4 Å². The van der Waals surface area contributed by atoms with Gasteiger partial charge in [-0.1, -0.05) is 62.6 Å². The second kappa shape index (κ2) is 7.83. The Labute approximate surface area is 167 Å². The molecule has 2 aromatic heterocycles. The summed E-state index contributed by atoms with van der Waals surface area (Å²) in [6.45, 7) is 2.10. The van der Waals surface area contributed by atoms with E-state index in [0.29, 0.717) is 23.4 Å². The molecule has 1 atom stereocenters. The second-order valence-electron chi connectivity index (χ2n) is 7.01. The molecule has 148 valence electrons. The number of fused-ring (bicyclic) bond motifs is 1. The van der Waals surface area contributed by atoms with Crippen LogP contribution < -0.4 is 0 Å². The quantitative estimate of drug-likeness (QED) is 0.445. The van der Waals surface area contributed by atoms with E-state index in [2.05, 4.69) is 32.5 Å². The minimum atomic E-state index is -1.34. The first kappa shape index (κ1) is 18.8. The number of unbranched alkanes of at least 4 members (excludes halogenated alkanes) is 2. The number of H-pyrrole nitrogens is 1. The van der Waals surface area contributed by atoms with Crippen molar-refractivity contribution in [2.75, 3.05) is 0 Å². The van der Waals surface area contributed by atoms with Crippen LogP contribution in [-0.4, -0.2) is 41.3 Å². The fourth-order valence-electron chi connectivity index (χ4n) is 3.92. The molecular weight excluding hydrogens is 368 g/mol. The first-order valence-corrected chi connectivity index (χ1v) is 9.67. The number of rotatable bonds is 8. The number of hydrogen-bond donors (Lipinski definition) is 2. The lowest BCUT2D eigenvalue weighted by Gasteiger charge is -2.33. The number of hydrogen-bond acceptors (Lipinski definition) is 5. The molecule has 0 amide bonds. The zero-order valence-corrected chi connectivity index (χ0v) is 16.1. The molecule has 4 aromatic rings. The highest BCUT2D eigenvalue weighted by atomic mass is 16.4. The van der Waals surface area contributed by atoms with Gasteiger partial charge in [0, 0.05) is 11.1 Å². The molecule has 29 heavy (non-hydrogen) atoms. The molecule has 2 N–H and O–H groups in total. The van der Waals surface area contributed by atoms with Crippen LogP contribution in [0.1, 0.15) is 38.2 Å². The lowest BCUT2D eigenvalue weighted by molar-refractivity contribution is -0.145. The zero-order chi connectivity index (χ0) is 20.3. The maximum atomic E-state index is 13.0. The summed E-state index contributed by atoms with van der Waals surface area (Å²) in [4.78, 5) is 17.4. The molecule has 2 aromatic carbocycles. The zero-order valence-electron chi connectivity index (χ0n) is 16.1. The van der Waals surface area contributed by atoms with E-state index in [-0.39, 0.29) is 0 Å². The molecule has 8 nitrogen and oxygen atoms in total. The van der Waals surface area contributed by atoms with E-state index in [4.69, 9.17) is 0 Å². The van der Waals surface area contributed by atoms with E-state index in [1.807, 2.05) is 48.5 Å². The summed E-state index contributed by atoms with van der Waals surface area (Å²) in [5.41, 5.74) is 1.44. The molecule has 0 bridgehead atoms. The Morgan fingerprint density at radius 1 is 1.14 bits per heavy atom. The Bertz CT molecular complexity index is 1120. The van der Waals surface area contributed by atoms with Crippen LogP contribution in [0, 0.1) is 0 Å². The predicted molar refractivity (Wildman–Crippen MR) is 108 cm³/mol. The number of carboxylic acid groups (broad SMARTS) is 1. The van der Waals surface area contributed by atoms with Gasteiger partial charge in [-0.25, -0.2) is 9.78 Å². The normalized spacial score (nSPS) is 13.4. The lowest BCUT2D eigenvalue weighted by atomic mass is 9.81. The third-order valence-corrected chi connectivity index (χ3v) is 5.32. The first-order valence-electron chi connectivity index (χ1n) is 9.67. The topological polar surface area (TPSA) is 110 Å². The molecule has 0 aliphatic rings. The van der Waals surface area contributed by atoms with Gasteiger partial charge in [-0.15, -0.1) is 10.2 Å². The van der Waals surface area contributed by atoms with E-state index in [1.165, 1.54) is 0 Å². The minimum Gasteiger partial charge on any atom is -0.479 e. The molecular formula is C21H22N6O2. The third kappa shape index (κ3) is 3.16. The monoisotopic (exact) mass is 390 g/mol. The van der Waals surface area contributed by atoms with Crippen LogP contribution in [-0.2, 0) is 10.3 Å². The highest BCUT2D eigenvalue weighted by molar-refractivity contribution is 5.88. The van der Waals surface area contributed by atoms with Crippen molar-refractivity contribution in [1.82, 2.24) is 30.2 Å². The predicted octanol–water partition coefficient (Wildman–Crippen LogP) is 3.62. The minimum absolute atomic E-state index is 0.367. The van der Waals surface area contributed by atoms with Crippen LogP contribution >= 0.6 is 0 Å². The van der Waals surface area contributed by atoms with Gasteiger partial charge in [0.25, 0.3) is 0 Å². The standard InChI is InChI=1S/C21H22N6O2/c1-2-3-8-13-21(20(28)29,27-14-22-17-11-6-7-12-18(17)27)16-10-5-4-9-15(16)19-23-25-26-24-19/h4-7,9-12,14H,2-3,8,13H2,1H3,(H,28,29)(H,23,24,25,26). The molecule has 1 unspecified atom stereocenters. The number of carbonyl (C=O) groups is 1. The van der Waals surface area contributed by atoms with E-state index >= 15 is 0 Å². The molecule has 8 heteroatoms. The molecule has 0 saturated carbocycles. The van der Waals surface area contributed by atoms with Crippen LogP contribution in [0.3, 0.4) is 0 Å². The van der Waals surface area contributed by atoms with Crippen molar-refractivity contribution in [2.24, 2.45) is 0 Å². The smallest absolute Gasteiger partial charge is 0.334 e. The summed E-state index contributed by atoms with van der Waals surface area (Å²) >= 11 is 0. The first-order chi connectivity index (χ1) is 14.2. The van der Waals surface area contributed by atoms with E-state index in [0.717, 1.165) is 30.3 Å². The maximum Gasteiger partial charge on any atom is 0.334 e. The van der Waals surface area contributed by atoms with Crippen molar-refractivity contribution < 1.29 is 9.90 Å². The van der Waals surface area contributed by atoms with Crippen LogP contribution in [0.5, 0.6) is 0 Å². The van der Waals surface area contributed by atoms with Gasteiger partial charge in [-0.3, -0.25) is 0 Å². The van der Waals surface area contributed by atoms with Gasteiger partial charge >= 0.3 is 5.97 Å². The van der Waals surface area contributed by atoms with Crippen molar-refractivity contribution in [3.63, 3.8) is 0 Å². The van der Waals surface area contributed by atoms with Crippen molar-refractivity contribution in [1.29, 1.82) is 0 Å². The number of tetrazole rings is 1. The Hall–Kier alpha value is -3.55. The van der Waals surface area contributed by atoms with Gasteiger partial charge in [0.2, 0.25) is 5.82 Å². The van der Waals surface area contributed by atoms with E-state index < -0.39 is 11.5 Å². The number of aromatic nitrogens is 6. The molecule has 0 aliphatic heterocycles. The molecule has 0 radical (unpaired) electrons. The Morgan fingerprint density at radius 2 is 1.93 bits per heavy atom. The molecule has 0 fully saturated rings. The number of imidazole rings is 1.